The van der Waals surface area contributed by atoms with Gasteiger partial charge in [-0.05, 0) is 19.2 Å². The topological polar surface area (TPSA) is 87.7 Å². The first-order valence-corrected chi connectivity index (χ1v) is 6.65. The van der Waals surface area contributed by atoms with Gasteiger partial charge >= 0.3 is 5.97 Å². The smallest absolute Gasteiger partial charge is 0.308 e. The van der Waals surface area contributed by atoms with Crippen molar-refractivity contribution in [1.29, 1.82) is 0 Å². The van der Waals surface area contributed by atoms with E-state index >= 15 is 0 Å². The van der Waals surface area contributed by atoms with Crippen molar-refractivity contribution in [3.8, 4) is 5.75 Å². The summed E-state index contributed by atoms with van der Waals surface area (Å²) < 4.78 is 5.07. The van der Waals surface area contributed by atoms with Gasteiger partial charge in [-0.1, -0.05) is 0 Å². The second kappa shape index (κ2) is 8.18. The molecule has 0 heterocycles. The Labute approximate surface area is 130 Å². The van der Waals surface area contributed by atoms with Crippen LogP contribution in [0.1, 0.15) is 13.3 Å². The average Bonchev–Trinajstić information content (AvgIpc) is 2.44. The second-order valence-electron chi connectivity index (χ2n) is 4.58. The molecule has 7 nitrogen and oxygen atoms in total. The van der Waals surface area contributed by atoms with Gasteiger partial charge in [0, 0.05) is 38.7 Å². The molecule has 0 atom stereocenters. The Bertz CT molecular complexity index is 577. The van der Waals surface area contributed by atoms with Crippen molar-refractivity contribution in [2.75, 3.05) is 30.9 Å². The lowest BCUT2D eigenvalue weighted by atomic mass is 10.1. The second-order valence-corrected chi connectivity index (χ2v) is 4.58. The van der Waals surface area contributed by atoms with E-state index in [-0.39, 0.29) is 11.7 Å². The van der Waals surface area contributed by atoms with Gasteiger partial charge in [-0.15, -0.1) is 0 Å². The van der Waals surface area contributed by atoms with Crippen LogP contribution in [0.5, 0.6) is 5.75 Å². The van der Waals surface area contributed by atoms with Crippen molar-refractivity contribution >= 4 is 36.9 Å². The summed E-state index contributed by atoms with van der Waals surface area (Å²) in [4.78, 5) is 35.3. The summed E-state index contributed by atoms with van der Waals surface area (Å²) in [6.45, 7) is 1.79. The van der Waals surface area contributed by atoms with E-state index in [9.17, 15) is 14.4 Å². The lowest BCUT2D eigenvalue weighted by molar-refractivity contribution is -0.131. The average molecular weight is 303 g/mol. The molecule has 0 saturated heterocycles. The van der Waals surface area contributed by atoms with Crippen LogP contribution in [-0.2, 0) is 9.59 Å². The number of nitrogens with one attached hydrogen (secondary N) is 2. The van der Waals surface area contributed by atoms with E-state index in [0.717, 1.165) is 4.90 Å². The minimum Gasteiger partial charge on any atom is -0.424 e. The van der Waals surface area contributed by atoms with E-state index in [1.807, 2.05) is 0 Å². The van der Waals surface area contributed by atoms with Gasteiger partial charge in [0.05, 0.1) is 5.69 Å². The van der Waals surface area contributed by atoms with Crippen LogP contribution in [0.25, 0.3) is 0 Å². The fraction of sp³-hybridized carbons (Fsp3) is 0.357. The molecular formula is C14H18BN3O4. The Hall–Kier alpha value is -2.35. The number of hydrogen-bond acceptors (Lipinski definition) is 5. The number of hydrogen-bond donors (Lipinski definition) is 2. The first-order chi connectivity index (χ1) is 10.3. The third-order valence-electron chi connectivity index (χ3n) is 2.79. The zero-order valence-electron chi connectivity index (χ0n) is 12.8. The third kappa shape index (κ3) is 5.21. The summed E-state index contributed by atoms with van der Waals surface area (Å²) in [6.07, 6.45) is 0.308. The molecule has 0 fully saturated rings. The Morgan fingerprint density at radius 1 is 1.32 bits per heavy atom. The van der Waals surface area contributed by atoms with Gasteiger partial charge in [-0.2, -0.15) is 0 Å². The van der Waals surface area contributed by atoms with E-state index in [1.54, 1.807) is 13.1 Å². The molecule has 1 rings (SSSR count). The number of benzene rings is 1. The molecule has 8 heteroatoms. The molecule has 116 valence electrons. The maximum absolute atomic E-state index is 11.7. The van der Waals surface area contributed by atoms with E-state index in [4.69, 9.17) is 12.6 Å². The predicted octanol–water partition coefficient (Wildman–Crippen LogP) is 0.885. The Morgan fingerprint density at radius 2 is 2.00 bits per heavy atom. The molecule has 0 saturated carbocycles. The Morgan fingerprint density at radius 3 is 2.55 bits per heavy atom. The molecule has 2 radical (unpaired) electrons. The van der Waals surface area contributed by atoms with E-state index in [1.165, 1.54) is 26.1 Å². The molecule has 0 aromatic heterocycles. The quantitative estimate of drug-likeness (QED) is 0.463. The third-order valence-corrected chi connectivity index (χ3v) is 2.79. The van der Waals surface area contributed by atoms with Gasteiger partial charge < -0.3 is 20.3 Å². The normalized spacial score (nSPS) is 9.95. The van der Waals surface area contributed by atoms with Crippen molar-refractivity contribution in [3.63, 3.8) is 0 Å². The first kappa shape index (κ1) is 17.7. The fourth-order valence-electron chi connectivity index (χ4n) is 1.69. The van der Waals surface area contributed by atoms with E-state index < -0.39 is 11.8 Å². The van der Waals surface area contributed by atoms with Crippen LogP contribution >= 0.6 is 0 Å². The van der Waals surface area contributed by atoms with Crippen LogP contribution in [0, 0.1) is 0 Å². The highest BCUT2D eigenvalue weighted by Gasteiger charge is 2.15. The maximum atomic E-state index is 11.7. The minimum absolute atomic E-state index is 0.139. The lowest BCUT2D eigenvalue weighted by Gasteiger charge is -2.19. The molecular weight excluding hydrogens is 285 g/mol. The molecule has 0 aliphatic carbocycles. The number of rotatable bonds is 6. The molecule has 1 aromatic carbocycles. The highest BCUT2D eigenvalue weighted by molar-refractivity contribution is 6.60. The van der Waals surface area contributed by atoms with E-state index in [2.05, 4.69) is 10.6 Å². The van der Waals surface area contributed by atoms with Gasteiger partial charge in [0.1, 0.15) is 0 Å². The minimum atomic E-state index is -0.695. The monoisotopic (exact) mass is 303 g/mol. The summed E-state index contributed by atoms with van der Waals surface area (Å²) in [5, 5.41) is 5.55. The Kier molecular flexibility index (Phi) is 6.59. The number of ether oxygens (including phenoxy) is 1. The predicted molar refractivity (Wildman–Crippen MR) is 84.5 cm³/mol. The number of carbonyl (C=O) groups excluding carboxylic acids is 3. The van der Waals surface area contributed by atoms with Gasteiger partial charge in [-0.3, -0.25) is 14.4 Å². The molecule has 0 unspecified atom stereocenters. The molecule has 0 aliphatic heterocycles. The number of amides is 2. The standard InChI is InChI=1S/C14H18BN3O4/c1-9(19)22-12-8-10(17-13(20)6-7-16-2)4-5-11(12)18(3)14(15)21/h4-5,8,16H,6-7H2,1-3H3,(H,17,20). The van der Waals surface area contributed by atoms with Crippen molar-refractivity contribution in [1.82, 2.24) is 5.32 Å². The van der Waals surface area contributed by atoms with Crippen LogP contribution in [-0.4, -0.2) is 46.2 Å². The van der Waals surface area contributed by atoms with Crippen molar-refractivity contribution in [2.45, 2.75) is 13.3 Å². The Balaban J connectivity index is 3.01. The molecule has 0 bridgehead atoms. The molecule has 2 N–H and O–H groups in total. The largest absolute Gasteiger partial charge is 0.424 e. The molecule has 1 aromatic rings. The summed E-state index contributed by atoms with van der Waals surface area (Å²) in [7, 11) is 8.42. The molecule has 0 aliphatic rings. The highest BCUT2D eigenvalue weighted by Crippen LogP contribution is 2.31. The summed E-state index contributed by atoms with van der Waals surface area (Å²) in [5.41, 5.74) is 0.787. The van der Waals surface area contributed by atoms with Crippen LogP contribution in [0.4, 0.5) is 16.2 Å². The summed E-state index contributed by atoms with van der Waals surface area (Å²) in [5.74, 6) is -1.28. The summed E-state index contributed by atoms with van der Waals surface area (Å²) >= 11 is 0. The fourth-order valence-corrected chi connectivity index (χ4v) is 1.69. The molecule has 22 heavy (non-hydrogen) atoms. The number of esters is 1. The summed E-state index contributed by atoms with van der Waals surface area (Å²) in [6, 6.07) is 4.60. The maximum Gasteiger partial charge on any atom is 0.308 e. The SMILES string of the molecule is [B]C(=O)N(C)c1ccc(NC(=O)CCNC)cc1OC(C)=O. The number of carbonyl (C=O) groups is 3. The molecule has 2 amide bonds. The van der Waals surface area contributed by atoms with Crippen LogP contribution in [0.15, 0.2) is 18.2 Å². The lowest BCUT2D eigenvalue weighted by Crippen LogP contribution is -2.25. The highest BCUT2D eigenvalue weighted by atomic mass is 16.5. The van der Waals surface area contributed by atoms with Gasteiger partial charge in [0.2, 0.25) is 13.8 Å². The van der Waals surface area contributed by atoms with Crippen molar-refractivity contribution in [3.05, 3.63) is 18.2 Å². The van der Waals surface area contributed by atoms with E-state index in [0.29, 0.717) is 24.3 Å². The zero-order valence-corrected chi connectivity index (χ0v) is 12.8. The van der Waals surface area contributed by atoms with Crippen LogP contribution < -0.4 is 20.3 Å². The van der Waals surface area contributed by atoms with Crippen LogP contribution in [0.3, 0.4) is 0 Å². The van der Waals surface area contributed by atoms with Gasteiger partial charge in [0.25, 0.3) is 0 Å². The van der Waals surface area contributed by atoms with Gasteiger partial charge in [0.15, 0.2) is 11.6 Å². The van der Waals surface area contributed by atoms with Crippen LogP contribution in [0.2, 0.25) is 0 Å². The number of anilines is 2. The van der Waals surface area contributed by atoms with Crippen molar-refractivity contribution in [2.24, 2.45) is 0 Å². The molecule has 0 spiro atoms. The van der Waals surface area contributed by atoms with Gasteiger partial charge in [-0.25, -0.2) is 0 Å². The van der Waals surface area contributed by atoms with Crippen molar-refractivity contribution < 1.29 is 19.1 Å². The number of nitrogens with zero attached hydrogens (tertiary/aromatic N) is 1. The zero-order chi connectivity index (χ0) is 16.7. The first-order valence-electron chi connectivity index (χ1n) is 6.65.